The van der Waals surface area contributed by atoms with Crippen LogP contribution in [0.4, 0.5) is 5.69 Å². The summed E-state index contributed by atoms with van der Waals surface area (Å²) < 4.78 is 2.25. The summed E-state index contributed by atoms with van der Waals surface area (Å²) in [5, 5.41) is 12.9. The lowest BCUT2D eigenvalue weighted by molar-refractivity contribution is -0.117. The fourth-order valence-electron chi connectivity index (χ4n) is 3.78. The van der Waals surface area contributed by atoms with Crippen molar-refractivity contribution < 1.29 is 4.79 Å². The maximum Gasteiger partial charge on any atom is 0.231 e. The van der Waals surface area contributed by atoms with Gasteiger partial charge in [0, 0.05) is 24.8 Å². The van der Waals surface area contributed by atoms with Crippen LogP contribution >= 0.6 is 0 Å². The third-order valence-corrected chi connectivity index (χ3v) is 5.41. The Morgan fingerprint density at radius 1 is 1.07 bits per heavy atom. The first-order valence-corrected chi connectivity index (χ1v) is 10.5. The van der Waals surface area contributed by atoms with E-state index < -0.39 is 0 Å². The third-order valence-electron chi connectivity index (χ3n) is 5.41. The van der Waals surface area contributed by atoms with E-state index in [-0.39, 0.29) is 11.8 Å². The van der Waals surface area contributed by atoms with Crippen LogP contribution in [0.15, 0.2) is 60.8 Å². The number of rotatable bonds is 10. The van der Waals surface area contributed by atoms with Gasteiger partial charge in [0.25, 0.3) is 0 Å². The lowest BCUT2D eigenvalue weighted by atomic mass is 9.95. The number of carbonyl (C=O) groups excluding carboxylic acids is 1. The van der Waals surface area contributed by atoms with Gasteiger partial charge in [0.15, 0.2) is 0 Å². The van der Waals surface area contributed by atoms with Crippen LogP contribution in [-0.2, 0) is 11.3 Å². The molecule has 0 fully saturated rings. The monoisotopic (exact) mass is 387 g/mol. The van der Waals surface area contributed by atoms with Crippen molar-refractivity contribution in [1.82, 2.24) is 4.57 Å². The number of fused-ring (bicyclic) bond motifs is 1. The molecule has 0 spiro atoms. The molecule has 1 aromatic heterocycles. The number of hydrogen-bond acceptors (Lipinski definition) is 2. The molecule has 0 radical (unpaired) electrons. The summed E-state index contributed by atoms with van der Waals surface area (Å²) >= 11 is 0. The first-order chi connectivity index (χ1) is 14.2. The zero-order valence-electron chi connectivity index (χ0n) is 17.1. The molecule has 3 aromatic rings. The highest BCUT2D eigenvalue weighted by molar-refractivity contribution is 5.97. The van der Waals surface area contributed by atoms with Crippen LogP contribution in [-0.4, -0.2) is 10.5 Å². The number of unbranched alkanes of at least 4 members (excludes halogenated alkanes) is 4. The summed E-state index contributed by atoms with van der Waals surface area (Å²) in [6.45, 7) is 3.00. The zero-order chi connectivity index (χ0) is 20.5. The van der Waals surface area contributed by atoms with E-state index in [0.717, 1.165) is 55.4 Å². The summed E-state index contributed by atoms with van der Waals surface area (Å²) in [7, 11) is 0. The van der Waals surface area contributed by atoms with E-state index in [4.69, 9.17) is 5.26 Å². The number of hydrogen-bond donors (Lipinski definition) is 1. The van der Waals surface area contributed by atoms with Crippen LogP contribution < -0.4 is 5.32 Å². The second kappa shape index (κ2) is 10.5. The maximum absolute atomic E-state index is 12.9. The molecule has 0 aliphatic heterocycles. The van der Waals surface area contributed by atoms with Crippen molar-refractivity contribution in [3.8, 4) is 6.07 Å². The van der Waals surface area contributed by atoms with Crippen LogP contribution in [0, 0.1) is 11.3 Å². The van der Waals surface area contributed by atoms with Crippen LogP contribution in [0.1, 0.15) is 56.9 Å². The lowest BCUT2D eigenvalue weighted by Crippen LogP contribution is -2.20. The minimum absolute atomic E-state index is 0.0358. The van der Waals surface area contributed by atoms with Crippen LogP contribution in [0.3, 0.4) is 0 Å². The summed E-state index contributed by atoms with van der Waals surface area (Å²) in [5.74, 6) is -0.110. The van der Waals surface area contributed by atoms with Crippen molar-refractivity contribution in [3.05, 3.63) is 66.4 Å². The molecule has 29 heavy (non-hydrogen) atoms. The number of carbonyl (C=O) groups is 1. The molecule has 4 heteroatoms. The molecule has 4 nitrogen and oxygen atoms in total. The van der Waals surface area contributed by atoms with Gasteiger partial charge in [-0.25, -0.2) is 0 Å². The molecular formula is C25H29N3O. The minimum Gasteiger partial charge on any atom is -0.347 e. The molecule has 0 bridgehead atoms. The molecule has 1 heterocycles. The topological polar surface area (TPSA) is 57.8 Å². The normalized spacial score (nSPS) is 11.9. The van der Waals surface area contributed by atoms with Crippen molar-refractivity contribution in [1.29, 1.82) is 5.26 Å². The van der Waals surface area contributed by atoms with E-state index in [9.17, 15) is 4.79 Å². The number of nitrogens with zero attached hydrogens (tertiary/aromatic N) is 2. The summed E-state index contributed by atoms with van der Waals surface area (Å²) in [6, 6.07) is 20.4. The number of anilines is 1. The lowest BCUT2D eigenvalue weighted by Gasteiger charge is -2.16. The smallest absolute Gasteiger partial charge is 0.231 e. The molecule has 150 valence electrons. The number of benzene rings is 2. The van der Waals surface area contributed by atoms with Crippen LogP contribution in [0.5, 0.6) is 0 Å². The number of nitrogens with one attached hydrogen (secondary N) is 1. The van der Waals surface area contributed by atoms with Gasteiger partial charge >= 0.3 is 0 Å². The molecule has 2 aromatic carbocycles. The average molecular weight is 388 g/mol. The van der Waals surface area contributed by atoms with Gasteiger partial charge in [-0.2, -0.15) is 5.26 Å². The number of nitriles is 1. The van der Waals surface area contributed by atoms with Crippen molar-refractivity contribution in [3.63, 3.8) is 0 Å². The Bertz CT molecular complexity index is 969. The Morgan fingerprint density at radius 3 is 2.62 bits per heavy atom. The van der Waals surface area contributed by atoms with Gasteiger partial charge in [0.05, 0.1) is 17.5 Å². The highest BCUT2D eigenvalue weighted by Gasteiger charge is 2.18. The van der Waals surface area contributed by atoms with E-state index >= 15 is 0 Å². The maximum atomic E-state index is 12.9. The van der Waals surface area contributed by atoms with Gasteiger partial charge in [0.1, 0.15) is 0 Å². The second-order valence-electron chi connectivity index (χ2n) is 7.47. The van der Waals surface area contributed by atoms with E-state index in [1.807, 2.05) is 43.3 Å². The SMILES string of the molecule is CCC(C(=O)Nc1ccc2ccn(CCCCCCC#N)c2c1)c1ccccc1. The predicted molar refractivity (Wildman–Crippen MR) is 119 cm³/mol. The Kier molecular flexibility index (Phi) is 7.47. The minimum atomic E-state index is -0.146. The average Bonchev–Trinajstić information content (AvgIpc) is 3.14. The van der Waals surface area contributed by atoms with Gasteiger partial charge < -0.3 is 9.88 Å². The number of aryl methyl sites for hydroxylation is 1. The van der Waals surface area contributed by atoms with Gasteiger partial charge in [-0.05, 0) is 48.4 Å². The Balaban J connectivity index is 1.66. The summed E-state index contributed by atoms with van der Waals surface area (Å²) in [5.41, 5.74) is 3.03. The van der Waals surface area contributed by atoms with Crippen LogP contribution in [0.25, 0.3) is 10.9 Å². The fourth-order valence-corrected chi connectivity index (χ4v) is 3.78. The van der Waals surface area contributed by atoms with Crippen LogP contribution in [0.2, 0.25) is 0 Å². The van der Waals surface area contributed by atoms with Crippen molar-refractivity contribution in [2.24, 2.45) is 0 Å². The van der Waals surface area contributed by atoms with Gasteiger partial charge in [-0.1, -0.05) is 56.2 Å². The first kappa shape index (κ1) is 20.7. The molecule has 0 aliphatic rings. The molecule has 1 amide bonds. The largest absolute Gasteiger partial charge is 0.347 e. The molecule has 3 rings (SSSR count). The van der Waals surface area contributed by atoms with Crippen molar-refractivity contribution >= 4 is 22.5 Å². The molecule has 0 saturated heterocycles. The van der Waals surface area contributed by atoms with E-state index in [1.165, 1.54) is 5.39 Å². The molecule has 1 unspecified atom stereocenters. The second-order valence-corrected chi connectivity index (χ2v) is 7.47. The van der Waals surface area contributed by atoms with Gasteiger partial charge in [0.2, 0.25) is 5.91 Å². The molecule has 0 saturated carbocycles. The molecule has 1 atom stereocenters. The Morgan fingerprint density at radius 2 is 1.86 bits per heavy atom. The quantitative estimate of drug-likeness (QED) is 0.418. The highest BCUT2D eigenvalue weighted by Crippen LogP contribution is 2.25. The third kappa shape index (κ3) is 5.48. The summed E-state index contributed by atoms with van der Waals surface area (Å²) in [4.78, 5) is 12.9. The molecule has 1 N–H and O–H groups in total. The van der Waals surface area contributed by atoms with Gasteiger partial charge in [-0.3, -0.25) is 4.79 Å². The summed E-state index contributed by atoms with van der Waals surface area (Å²) in [6.07, 6.45) is 7.84. The standard InChI is InChI=1S/C25H29N3O/c1-2-23(20-11-7-6-8-12-20)25(29)27-22-14-13-21-15-18-28(24(21)19-22)17-10-5-3-4-9-16-26/h6-8,11-15,18-19,23H,2-5,9-10,17H2,1H3,(H,27,29). The molecule has 0 aliphatic carbocycles. The molecular weight excluding hydrogens is 358 g/mol. The van der Waals surface area contributed by atoms with Crippen molar-refractivity contribution in [2.75, 3.05) is 5.32 Å². The number of amides is 1. The first-order valence-electron chi connectivity index (χ1n) is 10.5. The van der Waals surface area contributed by atoms with Crippen molar-refractivity contribution in [2.45, 2.75) is 57.9 Å². The Labute approximate surface area is 173 Å². The highest BCUT2D eigenvalue weighted by atomic mass is 16.1. The zero-order valence-corrected chi connectivity index (χ0v) is 17.1. The van der Waals surface area contributed by atoms with Gasteiger partial charge in [-0.15, -0.1) is 0 Å². The fraction of sp³-hybridized carbons (Fsp3) is 0.360. The van der Waals surface area contributed by atoms with E-state index in [2.05, 4.69) is 40.3 Å². The van der Waals surface area contributed by atoms with E-state index in [1.54, 1.807) is 0 Å². The predicted octanol–water partition coefficient (Wildman–Crippen LogP) is 6.25. The Hall–Kier alpha value is -3.06. The number of aromatic nitrogens is 1. The van der Waals surface area contributed by atoms with E-state index in [0.29, 0.717) is 6.42 Å².